The van der Waals surface area contributed by atoms with Crippen LogP contribution in [0.2, 0.25) is 5.02 Å². The first kappa shape index (κ1) is 22.1. The second kappa shape index (κ2) is 9.85. The molecule has 0 unspecified atom stereocenters. The fourth-order valence-electron chi connectivity index (χ4n) is 2.60. The molecule has 2 amide bonds. The monoisotopic (exact) mass is 432 g/mol. The number of imide groups is 1. The number of hydrogen-bond donors (Lipinski definition) is 1. The molecule has 11 heteroatoms. The smallest absolute Gasteiger partial charge is 0.413 e. The number of esters is 1. The predicted octanol–water partition coefficient (Wildman–Crippen LogP) is 1.94. The molecule has 0 atom stereocenters. The Labute approximate surface area is 168 Å². The molecule has 28 heavy (non-hydrogen) atoms. The van der Waals surface area contributed by atoms with Gasteiger partial charge in [0.25, 0.3) is 5.91 Å². The first-order valence-electron chi connectivity index (χ1n) is 8.69. The molecule has 1 aromatic carbocycles. The summed E-state index contributed by atoms with van der Waals surface area (Å²) in [7, 11) is -3.85. The van der Waals surface area contributed by atoms with Crippen molar-refractivity contribution in [2.24, 2.45) is 0 Å². The van der Waals surface area contributed by atoms with Crippen LogP contribution in [0.4, 0.5) is 4.79 Å². The van der Waals surface area contributed by atoms with E-state index >= 15 is 0 Å². The first-order chi connectivity index (χ1) is 13.3. The number of halogens is 1. The number of carbonyl (C=O) groups is 3. The number of piperidine rings is 1. The second-order valence-corrected chi connectivity index (χ2v) is 8.27. The molecule has 0 bridgehead atoms. The Hall–Kier alpha value is -2.17. The van der Waals surface area contributed by atoms with Crippen LogP contribution in [0.3, 0.4) is 0 Å². The number of alkyl carbamates (subject to hydrolysis) is 1. The van der Waals surface area contributed by atoms with Crippen LogP contribution < -0.4 is 5.32 Å². The largest absolute Gasteiger partial charge is 0.452 e. The van der Waals surface area contributed by atoms with Gasteiger partial charge in [0.1, 0.15) is 4.90 Å². The zero-order valence-electron chi connectivity index (χ0n) is 15.3. The first-order valence-corrected chi connectivity index (χ1v) is 10.5. The minimum absolute atomic E-state index is 0.0119. The van der Waals surface area contributed by atoms with E-state index in [1.165, 1.54) is 16.4 Å². The molecular formula is C17H21ClN2O7S. The third-order valence-corrected chi connectivity index (χ3v) is 6.33. The van der Waals surface area contributed by atoms with E-state index in [1.54, 1.807) is 6.92 Å². The molecule has 0 radical (unpaired) electrons. The molecule has 1 aliphatic rings. The van der Waals surface area contributed by atoms with Crippen LogP contribution in [-0.2, 0) is 24.3 Å². The maximum Gasteiger partial charge on any atom is 0.413 e. The van der Waals surface area contributed by atoms with Crippen molar-refractivity contribution in [2.75, 3.05) is 26.3 Å². The third kappa shape index (κ3) is 5.66. The van der Waals surface area contributed by atoms with Gasteiger partial charge < -0.3 is 9.47 Å². The van der Waals surface area contributed by atoms with Crippen LogP contribution in [-0.4, -0.2) is 57.0 Å². The van der Waals surface area contributed by atoms with Crippen molar-refractivity contribution in [3.8, 4) is 0 Å². The molecule has 1 heterocycles. The highest BCUT2D eigenvalue weighted by Crippen LogP contribution is 2.28. The van der Waals surface area contributed by atoms with E-state index in [2.05, 4.69) is 4.74 Å². The summed E-state index contributed by atoms with van der Waals surface area (Å²) in [5.41, 5.74) is -0.0797. The molecule has 1 aromatic rings. The summed E-state index contributed by atoms with van der Waals surface area (Å²) in [6.45, 7) is 1.70. The van der Waals surface area contributed by atoms with Crippen LogP contribution in [0.15, 0.2) is 23.1 Å². The number of rotatable bonds is 6. The fourth-order valence-corrected chi connectivity index (χ4v) is 4.62. The zero-order valence-corrected chi connectivity index (χ0v) is 16.8. The number of hydrogen-bond acceptors (Lipinski definition) is 7. The highest BCUT2D eigenvalue weighted by atomic mass is 35.5. The molecule has 154 valence electrons. The molecule has 0 aromatic heterocycles. The van der Waals surface area contributed by atoms with Gasteiger partial charge in [-0.15, -0.1) is 0 Å². The lowest BCUT2D eigenvalue weighted by Gasteiger charge is -2.26. The predicted molar refractivity (Wildman–Crippen MR) is 99.5 cm³/mol. The normalized spacial score (nSPS) is 14.9. The summed E-state index contributed by atoms with van der Waals surface area (Å²) < 4.78 is 36.3. The van der Waals surface area contributed by atoms with Gasteiger partial charge in [0, 0.05) is 13.1 Å². The molecule has 1 aliphatic heterocycles. The van der Waals surface area contributed by atoms with Gasteiger partial charge in [-0.25, -0.2) is 18.0 Å². The Kier molecular flexibility index (Phi) is 7.78. The number of ether oxygens (including phenoxy) is 2. The lowest BCUT2D eigenvalue weighted by molar-refractivity contribution is -0.123. The minimum Gasteiger partial charge on any atom is -0.452 e. The zero-order chi connectivity index (χ0) is 20.7. The van der Waals surface area contributed by atoms with Crippen LogP contribution in [0.25, 0.3) is 0 Å². The molecule has 0 spiro atoms. The topological polar surface area (TPSA) is 119 Å². The van der Waals surface area contributed by atoms with Gasteiger partial charge in [0.15, 0.2) is 6.61 Å². The van der Waals surface area contributed by atoms with E-state index < -0.39 is 34.6 Å². The van der Waals surface area contributed by atoms with Crippen LogP contribution >= 0.6 is 11.6 Å². The van der Waals surface area contributed by atoms with Crippen molar-refractivity contribution < 1.29 is 32.3 Å². The fraction of sp³-hybridized carbons (Fsp3) is 0.471. The van der Waals surface area contributed by atoms with Crippen molar-refractivity contribution >= 4 is 39.6 Å². The molecule has 1 fully saturated rings. The van der Waals surface area contributed by atoms with Crippen LogP contribution in [0.5, 0.6) is 0 Å². The average molecular weight is 433 g/mol. The SMILES string of the molecule is CCOC(=O)NC(=O)COC(=O)c1ccc(Cl)c(S(=O)(=O)N2CCCCC2)c1. The molecule has 2 rings (SSSR count). The minimum atomic E-state index is -3.85. The summed E-state index contributed by atoms with van der Waals surface area (Å²) in [5, 5.41) is 1.86. The highest BCUT2D eigenvalue weighted by molar-refractivity contribution is 7.89. The number of sulfonamides is 1. The maximum atomic E-state index is 12.8. The summed E-state index contributed by atoms with van der Waals surface area (Å²) in [5.74, 6) is -1.80. The Morgan fingerprint density at radius 3 is 2.46 bits per heavy atom. The third-order valence-electron chi connectivity index (χ3n) is 3.95. The molecule has 0 aliphatic carbocycles. The summed E-state index contributed by atoms with van der Waals surface area (Å²) in [6.07, 6.45) is 1.52. The number of nitrogens with zero attached hydrogens (tertiary/aromatic N) is 1. The van der Waals surface area contributed by atoms with E-state index in [-0.39, 0.29) is 22.1 Å². The summed E-state index contributed by atoms with van der Waals surface area (Å²) >= 11 is 6.05. The summed E-state index contributed by atoms with van der Waals surface area (Å²) in [4.78, 5) is 34.6. The Balaban J connectivity index is 2.08. The number of amides is 2. The molecule has 0 saturated carbocycles. The summed E-state index contributed by atoms with van der Waals surface area (Å²) in [6, 6.07) is 3.70. The van der Waals surface area contributed by atoms with E-state index in [9.17, 15) is 22.8 Å². The van der Waals surface area contributed by atoms with Crippen molar-refractivity contribution in [2.45, 2.75) is 31.1 Å². The van der Waals surface area contributed by atoms with E-state index in [0.717, 1.165) is 25.3 Å². The van der Waals surface area contributed by atoms with Gasteiger partial charge in [-0.3, -0.25) is 10.1 Å². The van der Waals surface area contributed by atoms with Crippen molar-refractivity contribution in [3.05, 3.63) is 28.8 Å². The Bertz CT molecular complexity index is 851. The standard InChI is InChI=1S/C17H21ClN2O7S/c1-2-26-17(23)19-15(21)11-27-16(22)12-6-7-13(18)14(10-12)28(24,25)20-8-4-3-5-9-20/h6-7,10H,2-5,8-9,11H2,1H3,(H,19,21,23). The number of nitrogens with one attached hydrogen (secondary N) is 1. The molecule has 1 saturated heterocycles. The lowest BCUT2D eigenvalue weighted by atomic mass is 10.2. The second-order valence-electron chi connectivity index (χ2n) is 5.95. The molecule has 9 nitrogen and oxygen atoms in total. The van der Waals surface area contributed by atoms with E-state index in [4.69, 9.17) is 16.3 Å². The Morgan fingerprint density at radius 2 is 1.82 bits per heavy atom. The van der Waals surface area contributed by atoms with Gasteiger partial charge >= 0.3 is 12.1 Å². The molecule has 1 N–H and O–H groups in total. The van der Waals surface area contributed by atoms with Gasteiger partial charge in [0.2, 0.25) is 10.0 Å². The Morgan fingerprint density at radius 1 is 1.14 bits per heavy atom. The van der Waals surface area contributed by atoms with Gasteiger partial charge in [-0.2, -0.15) is 4.31 Å². The number of benzene rings is 1. The highest BCUT2D eigenvalue weighted by Gasteiger charge is 2.29. The van der Waals surface area contributed by atoms with Crippen LogP contribution in [0.1, 0.15) is 36.5 Å². The quantitative estimate of drug-likeness (QED) is 0.682. The van der Waals surface area contributed by atoms with Crippen molar-refractivity contribution in [3.63, 3.8) is 0 Å². The van der Waals surface area contributed by atoms with E-state index in [1.807, 2.05) is 5.32 Å². The van der Waals surface area contributed by atoms with Crippen molar-refractivity contribution in [1.29, 1.82) is 0 Å². The van der Waals surface area contributed by atoms with Gasteiger partial charge in [-0.05, 0) is 38.0 Å². The lowest BCUT2D eigenvalue weighted by Crippen LogP contribution is -2.36. The average Bonchev–Trinajstić information content (AvgIpc) is 2.67. The van der Waals surface area contributed by atoms with Gasteiger partial charge in [0.05, 0.1) is 17.2 Å². The molecular weight excluding hydrogens is 412 g/mol. The van der Waals surface area contributed by atoms with Crippen molar-refractivity contribution in [1.82, 2.24) is 9.62 Å². The van der Waals surface area contributed by atoms with Gasteiger partial charge in [-0.1, -0.05) is 18.0 Å². The van der Waals surface area contributed by atoms with Crippen LogP contribution in [0, 0.1) is 0 Å². The number of carbonyl (C=O) groups excluding carboxylic acids is 3. The van der Waals surface area contributed by atoms with E-state index in [0.29, 0.717) is 13.1 Å². The maximum absolute atomic E-state index is 12.8.